The van der Waals surface area contributed by atoms with Gasteiger partial charge in [-0.05, 0) is 44.9 Å². The van der Waals surface area contributed by atoms with Crippen LogP contribution in [-0.2, 0) is 32.7 Å². The Morgan fingerprint density at radius 2 is 1.00 bits per heavy atom. The molecule has 0 saturated carbocycles. The third kappa shape index (κ3) is 40.4. The summed E-state index contributed by atoms with van der Waals surface area (Å²) in [5.74, 6) is -1.79. The molecule has 0 spiro atoms. The first-order valence-electron chi connectivity index (χ1n) is 22.4. The number of rotatable bonds is 43. The van der Waals surface area contributed by atoms with Crippen LogP contribution in [0.2, 0.25) is 0 Å². The lowest BCUT2D eigenvalue weighted by Crippen LogP contribution is -2.34. The van der Waals surface area contributed by atoms with E-state index in [-0.39, 0.29) is 13.0 Å². The lowest BCUT2D eigenvalue weighted by molar-refractivity contribution is -0.154. The average molecular weight is 802 g/mol. The van der Waals surface area contributed by atoms with Crippen molar-refractivity contribution < 1.29 is 42.7 Å². The Bertz CT molecular complexity index is 977. The van der Waals surface area contributed by atoms with E-state index in [0.29, 0.717) is 13.0 Å². The highest BCUT2D eigenvalue weighted by molar-refractivity contribution is 7.47. The molecule has 10 nitrogen and oxygen atoms in total. The molecule has 0 aromatic heterocycles. The maximum Gasteiger partial charge on any atom is 0.472 e. The molecule has 0 aromatic rings. The lowest BCUT2D eigenvalue weighted by atomic mass is 10.0. The van der Waals surface area contributed by atoms with E-state index in [0.717, 1.165) is 57.8 Å². The van der Waals surface area contributed by atoms with Crippen molar-refractivity contribution in [1.29, 1.82) is 0 Å². The maximum absolute atomic E-state index is 12.6. The molecule has 0 rings (SSSR count). The van der Waals surface area contributed by atoms with Crippen molar-refractivity contribution in [2.45, 2.75) is 219 Å². The second-order valence-corrected chi connectivity index (χ2v) is 16.6. The molecule has 0 aromatic carbocycles. The Hall–Kier alpha value is -1.55. The Morgan fingerprint density at radius 1 is 0.582 bits per heavy atom. The van der Waals surface area contributed by atoms with Crippen LogP contribution < -0.4 is 5.73 Å². The van der Waals surface area contributed by atoms with E-state index in [1.165, 1.54) is 122 Å². The van der Waals surface area contributed by atoms with Gasteiger partial charge in [-0.2, -0.15) is 0 Å². The molecule has 4 N–H and O–H groups in total. The molecule has 11 heteroatoms. The lowest BCUT2D eigenvalue weighted by Gasteiger charge is -2.20. The number of unbranched alkanes of at least 4 members (excludes halogenated alkanes) is 25. The Morgan fingerprint density at radius 3 is 1.51 bits per heavy atom. The first kappa shape index (κ1) is 53.5. The van der Waals surface area contributed by atoms with E-state index in [1.807, 2.05) is 0 Å². The van der Waals surface area contributed by atoms with Gasteiger partial charge in [-0.15, -0.1) is 0 Å². The van der Waals surface area contributed by atoms with Gasteiger partial charge in [0, 0.05) is 13.0 Å². The molecule has 0 radical (unpaired) electrons. The number of hydrogen-bond donors (Lipinski definition) is 3. The molecule has 0 aliphatic heterocycles. The molecule has 3 unspecified atom stereocenters. The Kier molecular flexibility index (Phi) is 39.5. The number of carboxylic acids is 1. The molecule has 0 aliphatic rings. The van der Waals surface area contributed by atoms with Crippen molar-refractivity contribution in [3.63, 3.8) is 0 Å². The number of ether oxygens (including phenoxy) is 2. The zero-order chi connectivity index (χ0) is 40.5. The van der Waals surface area contributed by atoms with Gasteiger partial charge in [-0.3, -0.25) is 18.6 Å². The molecule has 0 aliphatic carbocycles. The third-order valence-electron chi connectivity index (χ3n) is 9.73. The highest BCUT2D eigenvalue weighted by Crippen LogP contribution is 2.43. The topological polar surface area (TPSA) is 155 Å². The van der Waals surface area contributed by atoms with Gasteiger partial charge in [-0.1, -0.05) is 179 Å². The third-order valence-corrected chi connectivity index (χ3v) is 10.7. The van der Waals surface area contributed by atoms with Gasteiger partial charge in [0.1, 0.15) is 12.1 Å². The molecule has 3 atom stereocenters. The summed E-state index contributed by atoms with van der Waals surface area (Å²) in [7, 11) is -4.62. The van der Waals surface area contributed by atoms with Gasteiger partial charge in [0.05, 0.1) is 19.8 Å². The Balaban J connectivity index is 4.21. The van der Waals surface area contributed by atoms with E-state index < -0.39 is 45.1 Å². The second-order valence-electron chi connectivity index (χ2n) is 15.2. The van der Waals surface area contributed by atoms with Crippen molar-refractivity contribution in [2.24, 2.45) is 5.73 Å². The van der Waals surface area contributed by atoms with Crippen molar-refractivity contribution in [1.82, 2.24) is 0 Å². The molecular weight excluding hydrogens is 717 g/mol. The number of carbonyl (C=O) groups is 2. The molecule has 0 amide bonds. The van der Waals surface area contributed by atoms with Gasteiger partial charge >= 0.3 is 19.8 Å². The summed E-state index contributed by atoms with van der Waals surface area (Å²) in [6, 6.07) is -1.47. The number of carbonyl (C=O) groups excluding carboxylic acids is 1. The first-order chi connectivity index (χ1) is 26.7. The summed E-state index contributed by atoms with van der Waals surface area (Å²) in [6.45, 7) is 3.87. The minimum absolute atomic E-state index is 0.0154. The predicted octanol–water partition coefficient (Wildman–Crippen LogP) is 12.3. The van der Waals surface area contributed by atoms with Crippen LogP contribution in [0.3, 0.4) is 0 Å². The second kappa shape index (κ2) is 40.6. The van der Waals surface area contributed by atoms with Crippen LogP contribution in [0.5, 0.6) is 0 Å². The zero-order valence-corrected chi connectivity index (χ0v) is 36.2. The smallest absolute Gasteiger partial charge is 0.472 e. The van der Waals surface area contributed by atoms with Gasteiger partial charge in [0.2, 0.25) is 0 Å². The van der Waals surface area contributed by atoms with Crippen LogP contribution in [0.15, 0.2) is 24.3 Å². The average Bonchev–Trinajstić information content (AvgIpc) is 3.16. The number of phosphoric ester groups is 1. The number of nitrogens with two attached hydrogens (primary N) is 1. The van der Waals surface area contributed by atoms with Gasteiger partial charge in [0.15, 0.2) is 0 Å². The molecule has 55 heavy (non-hydrogen) atoms. The minimum atomic E-state index is -4.62. The number of allylic oxidation sites excluding steroid dienone is 4. The Labute approximate surface area is 336 Å². The van der Waals surface area contributed by atoms with Crippen molar-refractivity contribution >= 4 is 19.8 Å². The van der Waals surface area contributed by atoms with Crippen LogP contribution >= 0.6 is 7.82 Å². The fraction of sp³-hybridized carbons (Fsp3) is 0.864. The standard InChI is InChI=1S/C44H84NO9P/c1-3-5-7-9-11-13-15-17-19-20-21-23-25-27-29-31-33-35-37-51-38-41(39-52-55(49,50)53-40-42(45)44(47)48)54-43(46)36-34-32-30-28-26-24-22-18-16-14-12-10-8-6-4-2/h12,14,18,22,41-42H,3-11,13,15-17,19-21,23-40,45H2,1-2H3,(H,47,48)(H,49,50)/b14-12-,22-18-. The van der Waals surface area contributed by atoms with Crippen LogP contribution in [-0.4, -0.2) is 60.5 Å². The maximum atomic E-state index is 12.6. The van der Waals surface area contributed by atoms with Gasteiger partial charge in [0.25, 0.3) is 0 Å². The van der Waals surface area contributed by atoms with Crippen LogP contribution in [0.25, 0.3) is 0 Å². The number of esters is 1. The number of phosphoric acid groups is 1. The molecule has 0 bridgehead atoms. The monoisotopic (exact) mass is 802 g/mol. The summed E-state index contributed by atoms with van der Waals surface area (Å²) in [5, 5.41) is 8.89. The predicted molar refractivity (Wildman–Crippen MR) is 226 cm³/mol. The largest absolute Gasteiger partial charge is 0.480 e. The first-order valence-corrected chi connectivity index (χ1v) is 23.9. The van der Waals surface area contributed by atoms with E-state index in [9.17, 15) is 19.0 Å². The fourth-order valence-corrected chi connectivity index (χ4v) is 7.00. The molecule has 0 fully saturated rings. The van der Waals surface area contributed by atoms with Crippen molar-refractivity contribution in [2.75, 3.05) is 26.4 Å². The summed E-state index contributed by atoms with van der Waals surface area (Å²) in [4.78, 5) is 33.5. The molecular formula is C44H84NO9P. The zero-order valence-electron chi connectivity index (χ0n) is 35.3. The summed E-state index contributed by atoms with van der Waals surface area (Å²) in [6.07, 6.45) is 43.7. The van der Waals surface area contributed by atoms with Crippen molar-refractivity contribution in [3.05, 3.63) is 24.3 Å². The van der Waals surface area contributed by atoms with Crippen LogP contribution in [0, 0.1) is 0 Å². The van der Waals surface area contributed by atoms with E-state index in [1.54, 1.807) is 0 Å². The van der Waals surface area contributed by atoms with Crippen LogP contribution in [0.4, 0.5) is 0 Å². The number of hydrogen-bond acceptors (Lipinski definition) is 8. The summed E-state index contributed by atoms with van der Waals surface area (Å²) in [5.41, 5.74) is 5.36. The normalized spacial score (nSPS) is 14.1. The highest BCUT2D eigenvalue weighted by Gasteiger charge is 2.27. The molecule has 324 valence electrons. The van der Waals surface area contributed by atoms with Crippen molar-refractivity contribution in [3.8, 4) is 0 Å². The van der Waals surface area contributed by atoms with Gasteiger partial charge in [-0.25, -0.2) is 4.57 Å². The van der Waals surface area contributed by atoms with E-state index in [2.05, 4.69) is 38.2 Å². The quantitative estimate of drug-likeness (QED) is 0.0235. The van der Waals surface area contributed by atoms with E-state index in [4.69, 9.17) is 29.4 Å². The highest BCUT2D eigenvalue weighted by atomic mass is 31.2. The molecule has 0 saturated heterocycles. The SMILES string of the molecule is CCCCC/C=C\C/C=C\CCCCCCCC(=O)OC(COCCCCCCCCCCCCCCCCCCCC)COP(=O)(O)OCC(N)C(=O)O. The fourth-order valence-electron chi connectivity index (χ4n) is 6.22. The van der Waals surface area contributed by atoms with Gasteiger partial charge < -0.3 is 25.2 Å². The minimum Gasteiger partial charge on any atom is -0.480 e. The van der Waals surface area contributed by atoms with Crippen LogP contribution in [0.1, 0.15) is 206 Å². The summed E-state index contributed by atoms with van der Waals surface area (Å²) >= 11 is 0. The summed E-state index contributed by atoms with van der Waals surface area (Å²) < 4.78 is 33.4. The number of aliphatic carboxylic acids is 1. The number of carboxylic acid groups (broad SMARTS) is 1. The molecule has 0 heterocycles. The van der Waals surface area contributed by atoms with E-state index >= 15 is 0 Å².